The standard InChI is InChI=1S/C20H20ClN3O2/c21-17-10-16(12-22-13-17)20(25)24-7-3-6-23(8-9-24)14-18-11-15-4-1-2-5-19(15)26-18/h1-2,4-5,10-13H,3,6-9,14H2. The van der Waals surface area contributed by atoms with E-state index in [2.05, 4.69) is 22.0 Å². The van der Waals surface area contributed by atoms with Crippen LogP contribution in [0.5, 0.6) is 0 Å². The third kappa shape index (κ3) is 3.74. The highest BCUT2D eigenvalue weighted by Crippen LogP contribution is 2.21. The number of para-hydroxylation sites is 1. The van der Waals surface area contributed by atoms with Crippen molar-refractivity contribution in [2.45, 2.75) is 13.0 Å². The number of hydrogen-bond donors (Lipinski definition) is 0. The molecular formula is C20H20ClN3O2. The molecule has 0 N–H and O–H groups in total. The van der Waals surface area contributed by atoms with Crippen molar-refractivity contribution < 1.29 is 9.21 Å². The number of benzene rings is 1. The van der Waals surface area contributed by atoms with Gasteiger partial charge in [0.05, 0.1) is 17.1 Å². The van der Waals surface area contributed by atoms with Gasteiger partial charge in [-0.05, 0) is 24.6 Å². The first-order valence-corrected chi connectivity index (χ1v) is 9.16. The second kappa shape index (κ2) is 7.48. The molecule has 5 nitrogen and oxygen atoms in total. The Hall–Kier alpha value is -2.37. The molecule has 1 fully saturated rings. The van der Waals surface area contributed by atoms with E-state index in [9.17, 15) is 4.79 Å². The van der Waals surface area contributed by atoms with E-state index >= 15 is 0 Å². The summed E-state index contributed by atoms with van der Waals surface area (Å²) < 4.78 is 5.92. The number of aromatic nitrogens is 1. The number of carbonyl (C=O) groups excluding carboxylic acids is 1. The van der Waals surface area contributed by atoms with E-state index in [-0.39, 0.29) is 5.91 Å². The summed E-state index contributed by atoms with van der Waals surface area (Å²) in [4.78, 5) is 20.9. The first kappa shape index (κ1) is 17.1. The van der Waals surface area contributed by atoms with Gasteiger partial charge in [0.25, 0.3) is 5.91 Å². The van der Waals surface area contributed by atoms with E-state index in [0.29, 0.717) is 17.1 Å². The SMILES string of the molecule is O=C(c1cncc(Cl)c1)N1CCCN(Cc2cc3ccccc3o2)CC1. The molecule has 1 aliphatic heterocycles. The van der Waals surface area contributed by atoms with Crippen molar-refractivity contribution in [2.24, 2.45) is 0 Å². The number of halogens is 1. The van der Waals surface area contributed by atoms with E-state index in [1.165, 1.54) is 6.20 Å². The largest absolute Gasteiger partial charge is 0.460 e. The number of pyridine rings is 1. The molecule has 2 aromatic heterocycles. The maximum Gasteiger partial charge on any atom is 0.255 e. The summed E-state index contributed by atoms with van der Waals surface area (Å²) in [6.45, 7) is 3.94. The summed E-state index contributed by atoms with van der Waals surface area (Å²) in [6, 6.07) is 11.8. The van der Waals surface area contributed by atoms with Crippen LogP contribution in [0.4, 0.5) is 0 Å². The van der Waals surface area contributed by atoms with Crippen molar-refractivity contribution in [3.8, 4) is 0 Å². The fourth-order valence-corrected chi connectivity index (χ4v) is 3.55. The van der Waals surface area contributed by atoms with Crippen LogP contribution in [0.3, 0.4) is 0 Å². The molecule has 3 heterocycles. The highest BCUT2D eigenvalue weighted by Gasteiger charge is 2.21. The highest BCUT2D eigenvalue weighted by atomic mass is 35.5. The predicted molar refractivity (Wildman–Crippen MR) is 101 cm³/mol. The normalized spacial score (nSPS) is 16.0. The molecule has 0 bridgehead atoms. The van der Waals surface area contributed by atoms with E-state index in [0.717, 1.165) is 49.3 Å². The Bertz CT molecular complexity index is 891. The summed E-state index contributed by atoms with van der Waals surface area (Å²) in [5.41, 5.74) is 1.46. The zero-order valence-corrected chi connectivity index (χ0v) is 15.2. The molecule has 4 rings (SSSR count). The van der Waals surface area contributed by atoms with Gasteiger partial charge in [-0.2, -0.15) is 0 Å². The minimum Gasteiger partial charge on any atom is -0.460 e. The average Bonchev–Trinajstić information content (AvgIpc) is 2.91. The summed E-state index contributed by atoms with van der Waals surface area (Å²) in [7, 11) is 0. The molecule has 1 amide bonds. The van der Waals surface area contributed by atoms with E-state index in [1.807, 2.05) is 23.1 Å². The Morgan fingerprint density at radius 2 is 2.00 bits per heavy atom. The monoisotopic (exact) mass is 369 g/mol. The second-order valence-corrected chi connectivity index (χ2v) is 7.00. The number of nitrogens with zero attached hydrogens (tertiary/aromatic N) is 3. The van der Waals surface area contributed by atoms with Gasteiger partial charge in [0.1, 0.15) is 11.3 Å². The zero-order valence-electron chi connectivity index (χ0n) is 14.4. The summed E-state index contributed by atoms with van der Waals surface area (Å²) in [5, 5.41) is 1.61. The summed E-state index contributed by atoms with van der Waals surface area (Å²) in [5.74, 6) is 0.954. The van der Waals surface area contributed by atoms with Gasteiger partial charge in [-0.1, -0.05) is 29.8 Å². The van der Waals surface area contributed by atoms with Crippen LogP contribution in [0.15, 0.2) is 53.2 Å². The molecule has 0 spiro atoms. The topological polar surface area (TPSA) is 49.6 Å². The maximum atomic E-state index is 12.7. The van der Waals surface area contributed by atoms with Gasteiger partial charge in [0, 0.05) is 44.0 Å². The van der Waals surface area contributed by atoms with Crippen LogP contribution in [0.2, 0.25) is 5.02 Å². The highest BCUT2D eigenvalue weighted by molar-refractivity contribution is 6.30. The molecule has 1 aliphatic rings. The van der Waals surface area contributed by atoms with Crippen molar-refractivity contribution in [1.29, 1.82) is 0 Å². The number of amides is 1. The van der Waals surface area contributed by atoms with Crippen LogP contribution in [-0.4, -0.2) is 46.9 Å². The summed E-state index contributed by atoms with van der Waals surface area (Å²) >= 11 is 5.96. The Labute approximate surface area is 157 Å². The number of carbonyl (C=O) groups is 1. The molecule has 0 aliphatic carbocycles. The van der Waals surface area contributed by atoms with Crippen molar-refractivity contribution in [3.63, 3.8) is 0 Å². The van der Waals surface area contributed by atoms with Crippen LogP contribution in [0.1, 0.15) is 22.5 Å². The molecule has 0 unspecified atom stereocenters. The van der Waals surface area contributed by atoms with Gasteiger partial charge < -0.3 is 9.32 Å². The molecule has 6 heteroatoms. The van der Waals surface area contributed by atoms with Crippen molar-refractivity contribution in [2.75, 3.05) is 26.2 Å². The molecule has 134 valence electrons. The smallest absolute Gasteiger partial charge is 0.255 e. The van der Waals surface area contributed by atoms with Crippen molar-refractivity contribution >= 4 is 28.5 Å². The lowest BCUT2D eigenvalue weighted by Gasteiger charge is -2.21. The van der Waals surface area contributed by atoms with E-state index < -0.39 is 0 Å². The number of fused-ring (bicyclic) bond motifs is 1. The molecule has 3 aromatic rings. The van der Waals surface area contributed by atoms with Crippen LogP contribution in [0.25, 0.3) is 11.0 Å². The lowest BCUT2D eigenvalue weighted by molar-refractivity contribution is 0.0760. The van der Waals surface area contributed by atoms with E-state index in [1.54, 1.807) is 12.3 Å². The molecule has 0 saturated carbocycles. The lowest BCUT2D eigenvalue weighted by atomic mass is 10.2. The van der Waals surface area contributed by atoms with Crippen molar-refractivity contribution in [3.05, 3.63) is 65.1 Å². The minimum atomic E-state index is -0.00872. The Kier molecular flexibility index (Phi) is 4.91. The molecule has 1 aromatic carbocycles. The fraction of sp³-hybridized carbons (Fsp3) is 0.300. The molecular weight excluding hydrogens is 350 g/mol. The van der Waals surface area contributed by atoms with Gasteiger partial charge in [0.15, 0.2) is 0 Å². The fourth-order valence-electron chi connectivity index (χ4n) is 3.38. The number of hydrogen-bond acceptors (Lipinski definition) is 4. The van der Waals surface area contributed by atoms with Crippen LogP contribution in [-0.2, 0) is 6.54 Å². The Morgan fingerprint density at radius 3 is 2.85 bits per heavy atom. The first-order valence-electron chi connectivity index (χ1n) is 8.79. The predicted octanol–water partition coefficient (Wildman–Crippen LogP) is 3.83. The quantitative estimate of drug-likeness (QED) is 0.704. The van der Waals surface area contributed by atoms with Gasteiger partial charge in [-0.3, -0.25) is 14.7 Å². The Balaban J connectivity index is 1.40. The molecule has 1 saturated heterocycles. The number of rotatable bonds is 3. The van der Waals surface area contributed by atoms with Crippen molar-refractivity contribution in [1.82, 2.24) is 14.8 Å². The zero-order chi connectivity index (χ0) is 17.9. The second-order valence-electron chi connectivity index (χ2n) is 6.56. The van der Waals surface area contributed by atoms with Crippen LogP contribution >= 0.6 is 11.6 Å². The van der Waals surface area contributed by atoms with Gasteiger partial charge in [0.2, 0.25) is 0 Å². The van der Waals surface area contributed by atoms with Gasteiger partial charge in [-0.25, -0.2) is 0 Å². The summed E-state index contributed by atoms with van der Waals surface area (Å²) in [6.07, 6.45) is 4.04. The molecule has 0 atom stereocenters. The van der Waals surface area contributed by atoms with Crippen LogP contribution < -0.4 is 0 Å². The van der Waals surface area contributed by atoms with Gasteiger partial charge in [-0.15, -0.1) is 0 Å². The third-order valence-corrected chi connectivity index (χ3v) is 4.89. The minimum absolute atomic E-state index is 0.00872. The van der Waals surface area contributed by atoms with Crippen LogP contribution in [0, 0.1) is 0 Å². The van der Waals surface area contributed by atoms with E-state index in [4.69, 9.17) is 16.0 Å². The molecule has 0 radical (unpaired) electrons. The maximum absolute atomic E-state index is 12.7. The number of furan rings is 1. The van der Waals surface area contributed by atoms with Gasteiger partial charge >= 0.3 is 0 Å². The lowest BCUT2D eigenvalue weighted by Crippen LogP contribution is -2.35. The third-order valence-electron chi connectivity index (χ3n) is 4.68. The molecule has 26 heavy (non-hydrogen) atoms. The average molecular weight is 370 g/mol. The Morgan fingerprint density at radius 1 is 1.12 bits per heavy atom. The first-order chi connectivity index (χ1) is 12.7.